The minimum Gasteiger partial charge on any atom is -0.313 e. The van der Waals surface area contributed by atoms with E-state index in [0.717, 1.165) is 23.8 Å². The number of nitrogens with zero attached hydrogens (tertiary/aromatic N) is 1. The molecule has 0 saturated carbocycles. The SMILES string of the molecule is CCCNCc1ccc(SCc2cnc(C)s2)cc1. The zero-order valence-corrected chi connectivity index (χ0v) is 13.1. The molecular formula is C15H20N2S2. The molecule has 0 amide bonds. The highest BCUT2D eigenvalue weighted by Gasteiger charge is 2.00. The van der Waals surface area contributed by atoms with Gasteiger partial charge in [-0.1, -0.05) is 19.1 Å². The predicted octanol–water partition coefficient (Wildman–Crippen LogP) is 4.24. The maximum absolute atomic E-state index is 4.28. The Labute approximate surface area is 123 Å². The zero-order valence-electron chi connectivity index (χ0n) is 11.5. The minimum atomic E-state index is 0.965. The van der Waals surface area contributed by atoms with E-state index in [1.165, 1.54) is 21.8 Å². The second-order valence-corrected chi connectivity index (χ2v) is 6.82. The first-order valence-corrected chi connectivity index (χ1v) is 8.42. The standard InChI is InChI=1S/C15H20N2S2/c1-3-8-16-9-13-4-6-14(7-5-13)18-11-15-10-17-12(2)19-15/h4-7,10,16H,3,8-9,11H2,1-2H3. The lowest BCUT2D eigenvalue weighted by molar-refractivity contribution is 0.675. The van der Waals surface area contributed by atoms with E-state index < -0.39 is 0 Å². The Balaban J connectivity index is 1.81. The summed E-state index contributed by atoms with van der Waals surface area (Å²) in [4.78, 5) is 6.95. The van der Waals surface area contributed by atoms with E-state index in [1.807, 2.05) is 18.0 Å². The average Bonchev–Trinajstić information content (AvgIpc) is 2.84. The van der Waals surface area contributed by atoms with Gasteiger partial charge >= 0.3 is 0 Å². The van der Waals surface area contributed by atoms with Crippen LogP contribution in [0, 0.1) is 6.92 Å². The normalized spacial score (nSPS) is 10.8. The van der Waals surface area contributed by atoms with Gasteiger partial charge in [0.2, 0.25) is 0 Å². The summed E-state index contributed by atoms with van der Waals surface area (Å²) in [5.74, 6) is 1.01. The molecule has 0 bridgehead atoms. The van der Waals surface area contributed by atoms with Crippen LogP contribution in [-0.2, 0) is 12.3 Å². The maximum atomic E-state index is 4.28. The van der Waals surface area contributed by atoms with Crippen molar-refractivity contribution in [3.05, 3.63) is 45.9 Å². The number of hydrogen-bond donors (Lipinski definition) is 1. The quantitative estimate of drug-likeness (QED) is 0.610. The van der Waals surface area contributed by atoms with E-state index in [4.69, 9.17) is 0 Å². The largest absolute Gasteiger partial charge is 0.313 e. The third-order valence-corrected chi connectivity index (χ3v) is 4.89. The fraction of sp³-hybridized carbons (Fsp3) is 0.400. The first kappa shape index (κ1) is 14.6. The zero-order chi connectivity index (χ0) is 13.5. The van der Waals surface area contributed by atoms with Crippen LogP contribution >= 0.6 is 23.1 Å². The van der Waals surface area contributed by atoms with Gasteiger partial charge in [-0.25, -0.2) is 4.98 Å². The summed E-state index contributed by atoms with van der Waals surface area (Å²) in [7, 11) is 0. The Kier molecular flexibility index (Phi) is 5.89. The molecule has 1 heterocycles. The highest BCUT2D eigenvalue weighted by atomic mass is 32.2. The molecule has 0 aliphatic rings. The summed E-state index contributed by atoms with van der Waals surface area (Å²) in [6, 6.07) is 8.84. The van der Waals surface area contributed by atoms with Gasteiger partial charge < -0.3 is 5.32 Å². The van der Waals surface area contributed by atoms with Crippen molar-refractivity contribution in [2.45, 2.75) is 37.5 Å². The Hall–Kier alpha value is -0.840. The van der Waals surface area contributed by atoms with Crippen LogP contribution in [0.5, 0.6) is 0 Å². The van der Waals surface area contributed by atoms with Crippen molar-refractivity contribution in [1.82, 2.24) is 10.3 Å². The molecule has 19 heavy (non-hydrogen) atoms. The number of nitrogens with one attached hydrogen (secondary N) is 1. The van der Waals surface area contributed by atoms with Gasteiger partial charge in [0.1, 0.15) is 0 Å². The Bertz CT molecular complexity index is 491. The van der Waals surface area contributed by atoms with Gasteiger partial charge in [0.25, 0.3) is 0 Å². The third-order valence-electron chi connectivity index (χ3n) is 2.73. The smallest absolute Gasteiger partial charge is 0.0897 e. The van der Waals surface area contributed by atoms with Crippen molar-refractivity contribution in [1.29, 1.82) is 0 Å². The Morgan fingerprint density at radius 3 is 2.68 bits per heavy atom. The molecule has 2 aromatic rings. The third kappa shape index (κ3) is 4.97. The van der Waals surface area contributed by atoms with Gasteiger partial charge in [0.15, 0.2) is 0 Å². The Morgan fingerprint density at radius 1 is 1.26 bits per heavy atom. The molecule has 0 radical (unpaired) electrons. The van der Waals surface area contributed by atoms with Gasteiger partial charge in [0.05, 0.1) is 5.01 Å². The van der Waals surface area contributed by atoms with Gasteiger partial charge in [-0.05, 0) is 37.6 Å². The highest BCUT2D eigenvalue weighted by molar-refractivity contribution is 7.98. The topological polar surface area (TPSA) is 24.9 Å². The van der Waals surface area contributed by atoms with E-state index in [-0.39, 0.29) is 0 Å². The van der Waals surface area contributed by atoms with E-state index in [9.17, 15) is 0 Å². The molecule has 2 rings (SSSR count). The molecule has 1 aromatic carbocycles. The summed E-state index contributed by atoms with van der Waals surface area (Å²) < 4.78 is 0. The van der Waals surface area contributed by atoms with Gasteiger partial charge in [-0.3, -0.25) is 0 Å². The predicted molar refractivity (Wildman–Crippen MR) is 84.9 cm³/mol. The second kappa shape index (κ2) is 7.68. The van der Waals surface area contributed by atoms with Crippen molar-refractivity contribution in [3.8, 4) is 0 Å². The number of aryl methyl sites for hydroxylation is 1. The number of rotatable bonds is 7. The van der Waals surface area contributed by atoms with Crippen LogP contribution in [0.1, 0.15) is 28.8 Å². The van der Waals surface area contributed by atoms with Crippen LogP contribution < -0.4 is 5.32 Å². The lowest BCUT2D eigenvalue weighted by Crippen LogP contribution is -2.13. The second-order valence-electron chi connectivity index (χ2n) is 4.45. The summed E-state index contributed by atoms with van der Waals surface area (Å²) in [5, 5.41) is 4.56. The van der Waals surface area contributed by atoms with Crippen LogP contribution in [0.25, 0.3) is 0 Å². The summed E-state index contributed by atoms with van der Waals surface area (Å²) >= 11 is 3.66. The van der Waals surface area contributed by atoms with E-state index in [0.29, 0.717) is 0 Å². The fourth-order valence-electron chi connectivity index (χ4n) is 1.74. The molecule has 0 fully saturated rings. The molecule has 0 spiro atoms. The summed E-state index contributed by atoms with van der Waals surface area (Å²) in [6.45, 7) is 6.29. The van der Waals surface area contributed by atoms with Crippen LogP contribution in [0.15, 0.2) is 35.4 Å². The van der Waals surface area contributed by atoms with Crippen LogP contribution in [0.2, 0.25) is 0 Å². The molecule has 0 aliphatic heterocycles. The number of thioether (sulfide) groups is 1. The van der Waals surface area contributed by atoms with Crippen molar-refractivity contribution < 1.29 is 0 Å². The van der Waals surface area contributed by atoms with Gasteiger partial charge in [-0.2, -0.15) is 0 Å². The number of hydrogen-bond acceptors (Lipinski definition) is 4. The van der Waals surface area contributed by atoms with E-state index in [2.05, 4.69) is 48.4 Å². The monoisotopic (exact) mass is 292 g/mol. The molecule has 0 atom stereocenters. The molecule has 1 aromatic heterocycles. The minimum absolute atomic E-state index is 0.965. The molecule has 1 N–H and O–H groups in total. The number of aromatic nitrogens is 1. The molecule has 0 saturated heterocycles. The summed E-state index contributed by atoms with van der Waals surface area (Å²) in [5.41, 5.74) is 1.35. The van der Waals surface area contributed by atoms with Crippen molar-refractivity contribution in [2.75, 3.05) is 6.54 Å². The molecule has 102 valence electrons. The van der Waals surface area contributed by atoms with Crippen molar-refractivity contribution in [3.63, 3.8) is 0 Å². The van der Waals surface area contributed by atoms with Gasteiger partial charge in [-0.15, -0.1) is 23.1 Å². The lowest BCUT2D eigenvalue weighted by Gasteiger charge is -2.04. The van der Waals surface area contributed by atoms with Crippen molar-refractivity contribution in [2.24, 2.45) is 0 Å². The molecule has 0 unspecified atom stereocenters. The van der Waals surface area contributed by atoms with Crippen molar-refractivity contribution >= 4 is 23.1 Å². The maximum Gasteiger partial charge on any atom is 0.0897 e. The van der Waals surface area contributed by atoms with E-state index >= 15 is 0 Å². The average molecular weight is 292 g/mol. The fourth-order valence-corrected chi connectivity index (χ4v) is 3.45. The molecule has 4 heteroatoms. The molecule has 2 nitrogen and oxygen atoms in total. The molecular weight excluding hydrogens is 272 g/mol. The lowest BCUT2D eigenvalue weighted by atomic mass is 10.2. The number of thiazole rings is 1. The number of benzene rings is 1. The van der Waals surface area contributed by atoms with Gasteiger partial charge in [0, 0.05) is 28.3 Å². The summed E-state index contributed by atoms with van der Waals surface area (Å²) in [6.07, 6.45) is 3.16. The van der Waals surface area contributed by atoms with Crippen LogP contribution in [-0.4, -0.2) is 11.5 Å². The van der Waals surface area contributed by atoms with E-state index in [1.54, 1.807) is 11.3 Å². The first-order valence-electron chi connectivity index (χ1n) is 6.61. The first-order chi connectivity index (χ1) is 9.28. The van der Waals surface area contributed by atoms with Crippen LogP contribution in [0.3, 0.4) is 0 Å². The Morgan fingerprint density at radius 2 is 2.05 bits per heavy atom. The highest BCUT2D eigenvalue weighted by Crippen LogP contribution is 2.25. The van der Waals surface area contributed by atoms with Crippen LogP contribution in [0.4, 0.5) is 0 Å². The molecule has 0 aliphatic carbocycles.